The van der Waals surface area contributed by atoms with Crippen LogP contribution in [0.25, 0.3) is 0 Å². The molecule has 0 saturated carbocycles. The molecule has 0 unspecified atom stereocenters. The standard InChI is InChI=1S/C9H15N3O/c1-6(2)10-9-11-7(3)5-8(12-9)13-4/h5-6H,1-4H3,(H,10,11,12). The van der Waals surface area contributed by atoms with E-state index in [1.54, 1.807) is 13.2 Å². The van der Waals surface area contributed by atoms with Crippen LogP contribution >= 0.6 is 0 Å². The summed E-state index contributed by atoms with van der Waals surface area (Å²) in [4.78, 5) is 8.37. The van der Waals surface area contributed by atoms with Gasteiger partial charge >= 0.3 is 0 Å². The predicted molar refractivity (Wildman–Crippen MR) is 52.1 cm³/mol. The van der Waals surface area contributed by atoms with E-state index >= 15 is 0 Å². The van der Waals surface area contributed by atoms with Gasteiger partial charge in [-0.05, 0) is 20.8 Å². The molecule has 72 valence electrons. The molecule has 0 atom stereocenters. The average Bonchev–Trinajstić information content (AvgIpc) is 2.01. The van der Waals surface area contributed by atoms with Gasteiger partial charge in [0, 0.05) is 17.8 Å². The molecule has 4 heteroatoms. The molecule has 0 saturated heterocycles. The van der Waals surface area contributed by atoms with Crippen LogP contribution in [0.3, 0.4) is 0 Å². The van der Waals surface area contributed by atoms with Gasteiger partial charge < -0.3 is 10.1 Å². The molecule has 1 rings (SSSR count). The molecule has 0 amide bonds. The van der Waals surface area contributed by atoms with Crippen molar-refractivity contribution in [1.82, 2.24) is 9.97 Å². The third-order valence-electron chi connectivity index (χ3n) is 1.46. The zero-order valence-electron chi connectivity index (χ0n) is 8.46. The van der Waals surface area contributed by atoms with Gasteiger partial charge in [0.2, 0.25) is 11.8 Å². The number of anilines is 1. The van der Waals surface area contributed by atoms with Gasteiger partial charge in [-0.25, -0.2) is 4.98 Å². The first kappa shape index (κ1) is 9.77. The summed E-state index contributed by atoms with van der Waals surface area (Å²) in [7, 11) is 1.60. The average molecular weight is 181 g/mol. The van der Waals surface area contributed by atoms with E-state index in [2.05, 4.69) is 15.3 Å². The van der Waals surface area contributed by atoms with Crippen LogP contribution in [0.1, 0.15) is 19.5 Å². The summed E-state index contributed by atoms with van der Waals surface area (Å²) in [6, 6.07) is 2.12. The molecule has 1 aromatic rings. The number of hydrogen-bond donors (Lipinski definition) is 1. The van der Waals surface area contributed by atoms with E-state index in [4.69, 9.17) is 4.74 Å². The molecule has 1 aromatic heterocycles. The molecule has 0 aliphatic carbocycles. The van der Waals surface area contributed by atoms with E-state index in [1.165, 1.54) is 0 Å². The Balaban J connectivity index is 2.88. The summed E-state index contributed by atoms with van der Waals surface area (Å²) < 4.78 is 5.03. The second kappa shape index (κ2) is 4.07. The van der Waals surface area contributed by atoms with Crippen LogP contribution in [0.2, 0.25) is 0 Å². The fourth-order valence-electron chi connectivity index (χ4n) is 0.967. The summed E-state index contributed by atoms with van der Waals surface area (Å²) in [5.41, 5.74) is 0.898. The zero-order valence-corrected chi connectivity index (χ0v) is 8.46. The number of methoxy groups -OCH3 is 1. The SMILES string of the molecule is COc1cc(C)nc(NC(C)C)n1. The number of ether oxygens (including phenoxy) is 1. The van der Waals surface area contributed by atoms with Gasteiger partial charge in [0.15, 0.2) is 0 Å². The largest absolute Gasteiger partial charge is 0.481 e. The lowest BCUT2D eigenvalue weighted by molar-refractivity contribution is 0.397. The summed E-state index contributed by atoms with van der Waals surface area (Å²) in [6.45, 7) is 5.99. The van der Waals surface area contributed by atoms with Gasteiger partial charge in [-0.3, -0.25) is 0 Å². The number of nitrogens with zero attached hydrogens (tertiary/aromatic N) is 2. The van der Waals surface area contributed by atoms with Crippen LogP contribution in [-0.2, 0) is 0 Å². The van der Waals surface area contributed by atoms with E-state index in [9.17, 15) is 0 Å². The second-order valence-corrected chi connectivity index (χ2v) is 3.17. The lowest BCUT2D eigenvalue weighted by atomic mass is 10.4. The Labute approximate surface area is 78.4 Å². The first-order valence-corrected chi connectivity index (χ1v) is 4.28. The quantitative estimate of drug-likeness (QED) is 0.769. The van der Waals surface area contributed by atoms with Crippen LogP contribution in [0.5, 0.6) is 5.88 Å². The molecule has 1 heterocycles. The Bertz CT molecular complexity index is 286. The van der Waals surface area contributed by atoms with Crippen molar-refractivity contribution in [2.24, 2.45) is 0 Å². The molecule has 0 radical (unpaired) electrons. The van der Waals surface area contributed by atoms with Crippen molar-refractivity contribution in [2.45, 2.75) is 26.8 Å². The van der Waals surface area contributed by atoms with Gasteiger partial charge in [-0.2, -0.15) is 4.98 Å². The van der Waals surface area contributed by atoms with Crippen molar-refractivity contribution in [3.05, 3.63) is 11.8 Å². The highest BCUT2D eigenvalue weighted by atomic mass is 16.5. The molecular weight excluding hydrogens is 166 g/mol. The maximum absolute atomic E-state index is 5.03. The maximum Gasteiger partial charge on any atom is 0.226 e. The molecule has 0 aromatic carbocycles. The molecule has 0 aliphatic rings. The van der Waals surface area contributed by atoms with Crippen molar-refractivity contribution >= 4 is 5.95 Å². The third-order valence-corrected chi connectivity index (χ3v) is 1.46. The minimum absolute atomic E-state index is 0.325. The number of rotatable bonds is 3. The van der Waals surface area contributed by atoms with Gasteiger partial charge in [0.05, 0.1) is 7.11 Å². The van der Waals surface area contributed by atoms with Crippen LogP contribution < -0.4 is 10.1 Å². The van der Waals surface area contributed by atoms with Crippen LogP contribution in [0.15, 0.2) is 6.07 Å². The first-order chi connectivity index (χ1) is 6.11. The molecular formula is C9H15N3O. The number of aromatic nitrogens is 2. The highest BCUT2D eigenvalue weighted by molar-refractivity contribution is 5.31. The Kier molecular flexibility index (Phi) is 3.06. The highest BCUT2D eigenvalue weighted by Crippen LogP contribution is 2.11. The summed E-state index contributed by atoms with van der Waals surface area (Å²) >= 11 is 0. The molecule has 0 bridgehead atoms. The van der Waals surface area contributed by atoms with E-state index in [0.29, 0.717) is 17.9 Å². The molecule has 1 N–H and O–H groups in total. The summed E-state index contributed by atoms with van der Waals surface area (Å²) in [6.07, 6.45) is 0. The molecule has 13 heavy (non-hydrogen) atoms. The van der Waals surface area contributed by atoms with Crippen molar-refractivity contribution in [1.29, 1.82) is 0 Å². The topological polar surface area (TPSA) is 47.0 Å². The Morgan fingerprint density at radius 1 is 1.38 bits per heavy atom. The van der Waals surface area contributed by atoms with Gasteiger partial charge in [0.25, 0.3) is 0 Å². The predicted octanol–water partition coefficient (Wildman–Crippen LogP) is 1.61. The van der Waals surface area contributed by atoms with Crippen LogP contribution in [-0.4, -0.2) is 23.1 Å². The van der Waals surface area contributed by atoms with E-state index in [0.717, 1.165) is 5.69 Å². The number of nitrogens with one attached hydrogen (secondary N) is 1. The Morgan fingerprint density at radius 2 is 2.08 bits per heavy atom. The normalized spacial score (nSPS) is 10.2. The molecule has 4 nitrogen and oxygen atoms in total. The monoisotopic (exact) mass is 181 g/mol. The lowest BCUT2D eigenvalue weighted by Crippen LogP contribution is -2.13. The van der Waals surface area contributed by atoms with E-state index < -0.39 is 0 Å². The van der Waals surface area contributed by atoms with Crippen LogP contribution in [0, 0.1) is 6.92 Å². The smallest absolute Gasteiger partial charge is 0.226 e. The molecule has 0 aliphatic heterocycles. The van der Waals surface area contributed by atoms with Crippen LogP contribution in [0.4, 0.5) is 5.95 Å². The van der Waals surface area contributed by atoms with Gasteiger partial charge in [0.1, 0.15) is 0 Å². The maximum atomic E-state index is 5.03. The van der Waals surface area contributed by atoms with Crippen molar-refractivity contribution in [3.8, 4) is 5.88 Å². The van der Waals surface area contributed by atoms with Gasteiger partial charge in [-0.1, -0.05) is 0 Å². The minimum Gasteiger partial charge on any atom is -0.481 e. The first-order valence-electron chi connectivity index (χ1n) is 4.28. The Hall–Kier alpha value is -1.32. The highest BCUT2D eigenvalue weighted by Gasteiger charge is 2.02. The summed E-state index contributed by atoms with van der Waals surface area (Å²) in [5, 5.41) is 3.12. The van der Waals surface area contributed by atoms with Crippen molar-refractivity contribution in [2.75, 3.05) is 12.4 Å². The molecule has 0 spiro atoms. The minimum atomic E-state index is 0.325. The number of aryl methyl sites for hydroxylation is 1. The third kappa shape index (κ3) is 2.89. The summed E-state index contributed by atoms with van der Waals surface area (Å²) in [5.74, 6) is 1.21. The zero-order chi connectivity index (χ0) is 9.84. The van der Waals surface area contributed by atoms with E-state index in [-0.39, 0.29) is 0 Å². The fourth-order valence-corrected chi connectivity index (χ4v) is 0.967. The number of hydrogen-bond acceptors (Lipinski definition) is 4. The van der Waals surface area contributed by atoms with Gasteiger partial charge in [-0.15, -0.1) is 0 Å². The fraction of sp³-hybridized carbons (Fsp3) is 0.556. The van der Waals surface area contributed by atoms with Crippen molar-refractivity contribution in [3.63, 3.8) is 0 Å². The molecule has 0 fully saturated rings. The second-order valence-electron chi connectivity index (χ2n) is 3.17. The van der Waals surface area contributed by atoms with E-state index in [1.807, 2.05) is 20.8 Å². The Morgan fingerprint density at radius 3 is 2.62 bits per heavy atom. The lowest BCUT2D eigenvalue weighted by Gasteiger charge is -2.09. The van der Waals surface area contributed by atoms with Crippen molar-refractivity contribution < 1.29 is 4.74 Å².